The fraction of sp³-hybridized carbons (Fsp3) is 0.211. The quantitative estimate of drug-likeness (QED) is 0.836. The second kappa shape index (κ2) is 6.37. The molecule has 3 aliphatic rings. The van der Waals surface area contributed by atoms with Crippen LogP contribution in [-0.2, 0) is 16.4 Å². The van der Waals surface area contributed by atoms with E-state index in [4.69, 9.17) is 16.3 Å². The van der Waals surface area contributed by atoms with E-state index < -0.39 is 15.4 Å². The lowest BCUT2D eigenvalue weighted by atomic mass is 9.83. The fourth-order valence-electron chi connectivity index (χ4n) is 3.32. The summed E-state index contributed by atoms with van der Waals surface area (Å²) in [6.07, 6.45) is 9.70. The van der Waals surface area contributed by atoms with Gasteiger partial charge in [0.25, 0.3) is 0 Å². The second-order valence-electron chi connectivity index (χ2n) is 6.58. The Bertz CT molecular complexity index is 1050. The minimum atomic E-state index is -3.40. The van der Waals surface area contributed by atoms with Crippen LogP contribution in [0, 0.1) is 0 Å². The van der Waals surface area contributed by atoms with Gasteiger partial charge in [-0.1, -0.05) is 23.7 Å². The van der Waals surface area contributed by atoms with E-state index in [-0.39, 0.29) is 4.91 Å². The van der Waals surface area contributed by atoms with Crippen LogP contribution in [0.2, 0.25) is 0 Å². The number of nitrogens with zero attached hydrogens (tertiary/aromatic N) is 2. The largest absolute Gasteiger partial charge is 0.497 e. The molecule has 1 unspecified atom stereocenters. The fourth-order valence-corrected chi connectivity index (χ4v) is 4.22. The summed E-state index contributed by atoms with van der Waals surface area (Å²) in [6.45, 7) is 0.568. The minimum absolute atomic E-state index is 0.163. The topological polar surface area (TPSA) is 71.0 Å². The van der Waals surface area contributed by atoms with Gasteiger partial charge in [-0.15, -0.1) is 0 Å². The zero-order chi connectivity index (χ0) is 19.2. The number of benzene rings is 1. The molecule has 1 aromatic rings. The number of nitrogens with one attached hydrogen (secondary N) is 1. The highest BCUT2D eigenvalue weighted by atomic mass is 35.5. The molecule has 0 radical (unpaired) electrons. The van der Waals surface area contributed by atoms with Crippen LogP contribution in [-0.4, -0.2) is 38.5 Å². The van der Waals surface area contributed by atoms with Gasteiger partial charge in [0.05, 0.1) is 24.3 Å². The van der Waals surface area contributed by atoms with E-state index in [1.165, 1.54) is 12.5 Å². The Morgan fingerprint density at radius 2 is 2.00 bits per heavy atom. The Kier molecular flexibility index (Phi) is 4.25. The van der Waals surface area contributed by atoms with Crippen LogP contribution in [0.3, 0.4) is 0 Å². The molecule has 4 rings (SSSR count). The maximum absolute atomic E-state index is 12.1. The zero-order valence-corrected chi connectivity index (χ0v) is 16.4. The molecule has 1 atom stereocenters. The molecule has 0 amide bonds. The van der Waals surface area contributed by atoms with Gasteiger partial charge in [0.2, 0.25) is 0 Å². The average Bonchev–Trinajstić information content (AvgIpc) is 3.00. The zero-order valence-electron chi connectivity index (χ0n) is 14.8. The van der Waals surface area contributed by atoms with Crippen LogP contribution < -0.4 is 10.2 Å². The van der Waals surface area contributed by atoms with Gasteiger partial charge in [0.1, 0.15) is 11.3 Å². The third kappa shape index (κ3) is 3.12. The van der Waals surface area contributed by atoms with E-state index in [0.29, 0.717) is 17.3 Å². The predicted molar refractivity (Wildman–Crippen MR) is 106 cm³/mol. The molecular formula is C19H18ClN3O3S. The molecule has 6 nitrogen and oxygen atoms in total. The SMILES string of the molecule is COc1ccc(CN2C=C3C(Cl)=CC=C4N=CC(S(C)(=O)=O)=CC43N2)cc1. The molecule has 1 aliphatic carbocycles. The van der Waals surface area contributed by atoms with Gasteiger partial charge < -0.3 is 9.75 Å². The number of hydrazine groups is 1. The molecule has 2 heterocycles. The van der Waals surface area contributed by atoms with Crippen LogP contribution in [0.15, 0.2) is 74.9 Å². The van der Waals surface area contributed by atoms with Crippen molar-refractivity contribution in [2.24, 2.45) is 4.99 Å². The summed E-state index contributed by atoms with van der Waals surface area (Å²) in [5.74, 6) is 0.789. The number of hydrogen-bond donors (Lipinski definition) is 1. The Hall–Kier alpha value is -2.35. The summed E-state index contributed by atoms with van der Waals surface area (Å²) in [5, 5.41) is 2.44. The van der Waals surface area contributed by atoms with Crippen LogP contribution in [0.1, 0.15) is 5.56 Å². The summed E-state index contributed by atoms with van der Waals surface area (Å²) >= 11 is 6.44. The van der Waals surface area contributed by atoms with Gasteiger partial charge in [-0.3, -0.25) is 4.99 Å². The third-order valence-corrected chi connectivity index (χ3v) is 6.12. The first kappa shape index (κ1) is 18.0. The van der Waals surface area contributed by atoms with Crippen molar-refractivity contribution in [2.75, 3.05) is 13.4 Å². The lowest BCUT2D eigenvalue weighted by Gasteiger charge is -2.35. The molecule has 2 aliphatic heterocycles. The summed E-state index contributed by atoms with van der Waals surface area (Å²) in [7, 11) is -1.77. The Balaban J connectivity index is 1.69. The summed E-state index contributed by atoms with van der Waals surface area (Å²) in [5.41, 5.74) is 5.03. The molecule has 0 saturated heterocycles. The molecule has 0 fully saturated rings. The molecule has 27 heavy (non-hydrogen) atoms. The highest BCUT2D eigenvalue weighted by Crippen LogP contribution is 2.44. The van der Waals surface area contributed by atoms with Crippen LogP contribution in [0.25, 0.3) is 0 Å². The van der Waals surface area contributed by atoms with Gasteiger partial charge in [0.15, 0.2) is 9.84 Å². The van der Waals surface area contributed by atoms with Gasteiger partial charge >= 0.3 is 0 Å². The highest BCUT2D eigenvalue weighted by molar-refractivity contribution is 7.95. The first-order chi connectivity index (χ1) is 12.8. The predicted octanol–water partition coefficient (Wildman–Crippen LogP) is 2.67. The van der Waals surface area contributed by atoms with Gasteiger partial charge in [-0.2, -0.15) is 0 Å². The van der Waals surface area contributed by atoms with Crippen LogP contribution in [0.5, 0.6) is 5.75 Å². The molecule has 0 bridgehead atoms. The number of dihydropyridines is 1. The van der Waals surface area contributed by atoms with E-state index in [1.54, 1.807) is 25.3 Å². The van der Waals surface area contributed by atoms with Gasteiger partial charge in [-0.25, -0.2) is 13.8 Å². The summed E-state index contributed by atoms with van der Waals surface area (Å²) in [6, 6.07) is 7.75. The number of allylic oxidation sites excluding steroid dienone is 3. The van der Waals surface area contributed by atoms with Crippen molar-refractivity contribution in [3.63, 3.8) is 0 Å². The van der Waals surface area contributed by atoms with Crippen molar-refractivity contribution >= 4 is 27.7 Å². The number of sulfone groups is 1. The normalized spacial score (nSPS) is 23.7. The van der Waals surface area contributed by atoms with E-state index in [2.05, 4.69) is 10.4 Å². The number of ether oxygens (including phenoxy) is 1. The minimum Gasteiger partial charge on any atom is -0.497 e. The molecule has 8 heteroatoms. The lowest BCUT2D eigenvalue weighted by Crippen LogP contribution is -2.50. The number of aliphatic imine (C=N–C) groups is 1. The number of methoxy groups -OCH3 is 1. The Morgan fingerprint density at radius 1 is 1.26 bits per heavy atom. The van der Waals surface area contributed by atoms with E-state index in [9.17, 15) is 8.42 Å². The molecule has 0 saturated carbocycles. The van der Waals surface area contributed by atoms with Crippen molar-refractivity contribution in [3.8, 4) is 5.75 Å². The highest BCUT2D eigenvalue weighted by Gasteiger charge is 2.47. The lowest BCUT2D eigenvalue weighted by molar-refractivity contribution is 0.248. The Morgan fingerprint density at radius 3 is 2.67 bits per heavy atom. The number of hydrogen-bond acceptors (Lipinski definition) is 6. The second-order valence-corrected chi connectivity index (χ2v) is 9.01. The van der Waals surface area contributed by atoms with Crippen molar-refractivity contribution < 1.29 is 13.2 Å². The van der Waals surface area contributed by atoms with E-state index >= 15 is 0 Å². The Labute approximate surface area is 163 Å². The van der Waals surface area contributed by atoms with Crippen LogP contribution in [0.4, 0.5) is 0 Å². The molecule has 140 valence electrons. The standard InChI is InChI=1S/C19H18ClN3O3S/c1-26-14-5-3-13(4-6-14)11-23-12-16-17(20)7-8-18-19(16,22-23)9-15(10-21-18)27(2,24)25/h3-10,12,22H,11H2,1-2H3. The smallest absolute Gasteiger partial charge is 0.176 e. The van der Waals surface area contributed by atoms with Crippen molar-refractivity contribution in [1.29, 1.82) is 0 Å². The third-order valence-electron chi connectivity index (χ3n) is 4.71. The van der Waals surface area contributed by atoms with E-state index in [0.717, 1.165) is 16.9 Å². The molecule has 0 aromatic heterocycles. The maximum Gasteiger partial charge on any atom is 0.176 e. The molecule has 1 spiro atoms. The molecular weight excluding hydrogens is 386 g/mol. The summed E-state index contributed by atoms with van der Waals surface area (Å²) in [4.78, 5) is 4.53. The average molecular weight is 404 g/mol. The first-order valence-electron chi connectivity index (χ1n) is 8.27. The van der Waals surface area contributed by atoms with Gasteiger partial charge in [-0.05, 0) is 35.9 Å². The van der Waals surface area contributed by atoms with Crippen LogP contribution >= 0.6 is 11.6 Å². The van der Waals surface area contributed by atoms with Crippen molar-refractivity contribution in [3.05, 3.63) is 75.5 Å². The van der Waals surface area contributed by atoms with Gasteiger partial charge in [0, 0.05) is 29.3 Å². The number of rotatable bonds is 4. The maximum atomic E-state index is 12.1. The molecule has 1 aromatic carbocycles. The first-order valence-corrected chi connectivity index (χ1v) is 10.5. The van der Waals surface area contributed by atoms with E-state index in [1.807, 2.05) is 35.5 Å². The van der Waals surface area contributed by atoms with Crippen molar-refractivity contribution in [2.45, 2.75) is 12.1 Å². The molecule has 1 N–H and O–H groups in total. The monoisotopic (exact) mass is 403 g/mol. The number of halogens is 1. The summed E-state index contributed by atoms with van der Waals surface area (Å²) < 4.78 is 29.3. The van der Waals surface area contributed by atoms with Crippen molar-refractivity contribution in [1.82, 2.24) is 10.4 Å².